The van der Waals surface area contributed by atoms with Crippen LogP contribution in [0.2, 0.25) is 0 Å². The topological polar surface area (TPSA) is 56.7 Å². The average Bonchev–Trinajstić information content (AvgIpc) is 2.97. The largest absolute Gasteiger partial charge is 0.324 e. The molecule has 2 N–H and O–H groups in total. The molecule has 0 bridgehead atoms. The van der Waals surface area contributed by atoms with E-state index in [0.717, 1.165) is 22.5 Å². The van der Waals surface area contributed by atoms with E-state index in [1.807, 2.05) is 54.1 Å². The quantitative estimate of drug-likeness (QED) is 0.791. The first-order valence-corrected chi connectivity index (χ1v) is 6.58. The molecule has 3 rings (SSSR count). The second-order valence-electron chi connectivity index (χ2n) is 4.78. The standard InChI is InChI=1S/C16H16N4/c1-12(17)13-7-9-14(10-8-13)16-11-18-19-20(16)15-5-3-2-4-6-15/h2-12H,17H2,1H3. The van der Waals surface area contributed by atoms with Gasteiger partial charge in [-0.15, -0.1) is 5.10 Å². The molecule has 0 aliphatic rings. The van der Waals surface area contributed by atoms with Crippen LogP contribution in [0.15, 0.2) is 60.8 Å². The highest BCUT2D eigenvalue weighted by atomic mass is 15.4. The molecule has 2 aromatic carbocycles. The summed E-state index contributed by atoms with van der Waals surface area (Å²) in [4.78, 5) is 0. The van der Waals surface area contributed by atoms with Crippen molar-refractivity contribution < 1.29 is 0 Å². The minimum atomic E-state index is 0.0428. The summed E-state index contributed by atoms with van der Waals surface area (Å²) in [7, 11) is 0. The molecular formula is C16H16N4. The van der Waals surface area contributed by atoms with Crippen LogP contribution in [0.5, 0.6) is 0 Å². The first-order chi connectivity index (χ1) is 9.75. The fourth-order valence-electron chi connectivity index (χ4n) is 2.15. The molecule has 1 unspecified atom stereocenters. The molecule has 1 heterocycles. The molecule has 4 heteroatoms. The van der Waals surface area contributed by atoms with Crippen molar-refractivity contribution in [2.75, 3.05) is 0 Å². The molecule has 0 fully saturated rings. The van der Waals surface area contributed by atoms with Gasteiger partial charge >= 0.3 is 0 Å². The van der Waals surface area contributed by atoms with Crippen molar-refractivity contribution in [2.24, 2.45) is 5.73 Å². The van der Waals surface area contributed by atoms with Crippen molar-refractivity contribution in [3.63, 3.8) is 0 Å². The van der Waals surface area contributed by atoms with Crippen LogP contribution in [-0.2, 0) is 0 Å². The summed E-state index contributed by atoms with van der Waals surface area (Å²) >= 11 is 0. The second-order valence-corrected chi connectivity index (χ2v) is 4.78. The Balaban J connectivity index is 2.01. The van der Waals surface area contributed by atoms with E-state index in [-0.39, 0.29) is 6.04 Å². The van der Waals surface area contributed by atoms with E-state index in [1.165, 1.54) is 0 Å². The number of aromatic nitrogens is 3. The van der Waals surface area contributed by atoms with Crippen molar-refractivity contribution in [1.82, 2.24) is 15.0 Å². The molecule has 20 heavy (non-hydrogen) atoms. The molecule has 4 nitrogen and oxygen atoms in total. The third-order valence-electron chi connectivity index (χ3n) is 3.28. The van der Waals surface area contributed by atoms with E-state index in [1.54, 1.807) is 6.20 Å². The second kappa shape index (κ2) is 5.27. The molecule has 100 valence electrons. The first-order valence-electron chi connectivity index (χ1n) is 6.58. The Morgan fingerprint density at radius 2 is 1.70 bits per heavy atom. The minimum absolute atomic E-state index is 0.0428. The third kappa shape index (κ3) is 2.33. The summed E-state index contributed by atoms with van der Waals surface area (Å²) in [5, 5.41) is 8.18. The van der Waals surface area contributed by atoms with Gasteiger partial charge in [0, 0.05) is 11.6 Å². The van der Waals surface area contributed by atoms with Gasteiger partial charge < -0.3 is 5.73 Å². The third-order valence-corrected chi connectivity index (χ3v) is 3.28. The monoisotopic (exact) mass is 264 g/mol. The zero-order chi connectivity index (χ0) is 13.9. The maximum absolute atomic E-state index is 5.87. The van der Waals surface area contributed by atoms with Crippen LogP contribution in [0.3, 0.4) is 0 Å². The van der Waals surface area contributed by atoms with Gasteiger partial charge in [0.15, 0.2) is 0 Å². The first kappa shape index (κ1) is 12.6. The highest BCUT2D eigenvalue weighted by Crippen LogP contribution is 2.22. The molecule has 0 radical (unpaired) electrons. The van der Waals surface area contributed by atoms with E-state index in [2.05, 4.69) is 22.4 Å². The van der Waals surface area contributed by atoms with Gasteiger partial charge in [-0.3, -0.25) is 0 Å². The molecule has 0 aliphatic carbocycles. The molecule has 0 amide bonds. The highest BCUT2D eigenvalue weighted by molar-refractivity contribution is 5.61. The average molecular weight is 264 g/mol. The molecule has 0 spiro atoms. The van der Waals surface area contributed by atoms with Crippen molar-refractivity contribution in [3.05, 3.63) is 66.4 Å². The Bertz CT molecular complexity index is 684. The van der Waals surface area contributed by atoms with Gasteiger partial charge in [-0.05, 0) is 24.6 Å². The molecular weight excluding hydrogens is 248 g/mol. The van der Waals surface area contributed by atoms with Crippen LogP contribution in [-0.4, -0.2) is 15.0 Å². The van der Waals surface area contributed by atoms with E-state index in [4.69, 9.17) is 5.73 Å². The Morgan fingerprint density at radius 3 is 2.35 bits per heavy atom. The lowest BCUT2D eigenvalue weighted by Gasteiger charge is -2.08. The van der Waals surface area contributed by atoms with Gasteiger partial charge in [-0.25, -0.2) is 4.68 Å². The SMILES string of the molecule is CC(N)c1ccc(-c2cnnn2-c2ccccc2)cc1. The van der Waals surface area contributed by atoms with Crippen LogP contribution >= 0.6 is 0 Å². The van der Waals surface area contributed by atoms with Crippen molar-refractivity contribution >= 4 is 0 Å². The lowest BCUT2D eigenvalue weighted by Crippen LogP contribution is -2.04. The number of benzene rings is 2. The van der Waals surface area contributed by atoms with Gasteiger partial charge in [0.1, 0.15) is 0 Å². The van der Waals surface area contributed by atoms with Gasteiger partial charge in [-0.2, -0.15) is 0 Å². The molecule has 3 aromatic rings. The van der Waals surface area contributed by atoms with Crippen molar-refractivity contribution in [1.29, 1.82) is 0 Å². The highest BCUT2D eigenvalue weighted by Gasteiger charge is 2.08. The Morgan fingerprint density at radius 1 is 1.00 bits per heavy atom. The van der Waals surface area contributed by atoms with Crippen LogP contribution in [0.4, 0.5) is 0 Å². The Labute approximate surface area is 117 Å². The fraction of sp³-hybridized carbons (Fsp3) is 0.125. The van der Waals surface area contributed by atoms with E-state index >= 15 is 0 Å². The number of rotatable bonds is 3. The number of hydrogen-bond donors (Lipinski definition) is 1. The minimum Gasteiger partial charge on any atom is -0.324 e. The van der Waals surface area contributed by atoms with Crippen LogP contribution in [0, 0.1) is 0 Å². The summed E-state index contributed by atoms with van der Waals surface area (Å²) in [5.41, 5.74) is 10.0. The van der Waals surface area contributed by atoms with E-state index in [9.17, 15) is 0 Å². The smallest absolute Gasteiger partial charge is 0.0944 e. The zero-order valence-electron chi connectivity index (χ0n) is 11.3. The van der Waals surface area contributed by atoms with Gasteiger partial charge in [0.05, 0.1) is 17.6 Å². The normalized spacial score (nSPS) is 12.3. The van der Waals surface area contributed by atoms with Crippen molar-refractivity contribution in [3.8, 4) is 16.9 Å². The number of para-hydroxylation sites is 1. The summed E-state index contributed by atoms with van der Waals surface area (Å²) in [6.45, 7) is 1.98. The van der Waals surface area contributed by atoms with Crippen LogP contribution < -0.4 is 5.73 Å². The maximum Gasteiger partial charge on any atom is 0.0944 e. The Kier molecular flexibility index (Phi) is 3.31. The van der Waals surface area contributed by atoms with Crippen LogP contribution in [0.1, 0.15) is 18.5 Å². The van der Waals surface area contributed by atoms with E-state index in [0.29, 0.717) is 0 Å². The number of nitrogens with two attached hydrogens (primary N) is 1. The van der Waals surface area contributed by atoms with Crippen LogP contribution in [0.25, 0.3) is 16.9 Å². The maximum atomic E-state index is 5.87. The molecule has 1 atom stereocenters. The van der Waals surface area contributed by atoms with Crippen molar-refractivity contribution in [2.45, 2.75) is 13.0 Å². The van der Waals surface area contributed by atoms with Gasteiger partial charge in [0.2, 0.25) is 0 Å². The summed E-state index contributed by atoms with van der Waals surface area (Å²) < 4.78 is 1.83. The lowest BCUT2D eigenvalue weighted by molar-refractivity contribution is 0.806. The predicted octanol–water partition coefficient (Wildman–Crippen LogP) is 2.95. The summed E-state index contributed by atoms with van der Waals surface area (Å²) in [6, 6.07) is 18.2. The van der Waals surface area contributed by atoms with Gasteiger partial charge in [0.25, 0.3) is 0 Å². The molecule has 1 aromatic heterocycles. The van der Waals surface area contributed by atoms with E-state index < -0.39 is 0 Å². The zero-order valence-corrected chi connectivity index (χ0v) is 11.3. The molecule has 0 saturated carbocycles. The van der Waals surface area contributed by atoms with Gasteiger partial charge in [-0.1, -0.05) is 47.7 Å². The lowest BCUT2D eigenvalue weighted by atomic mass is 10.1. The number of nitrogens with zero attached hydrogens (tertiary/aromatic N) is 3. The number of hydrogen-bond acceptors (Lipinski definition) is 3. The predicted molar refractivity (Wildman–Crippen MR) is 79.4 cm³/mol. The fourth-order valence-corrected chi connectivity index (χ4v) is 2.15. The molecule has 0 aliphatic heterocycles. The molecule has 0 saturated heterocycles. The summed E-state index contributed by atoms with van der Waals surface area (Å²) in [6.07, 6.45) is 1.77. The Hall–Kier alpha value is -2.46. The summed E-state index contributed by atoms with van der Waals surface area (Å²) in [5.74, 6) is 0.